The molecule has 9 heteroatoms. The maximum absolute atomic E-state index is 11.9. The summed E-state index contributed by atoms with van der Waals surface area (Å²) in [6.45, 7) is 0. The zero-order valence-corrected chi connectivity index (χ0v) is 10.2. The summed E-state index contributed by atoms with van der Waals surface area (Å²) in [5.74, 6) is -0.310. The van der Waals surface area contributed by atoms with Crippen LogP contribution in [0.5, 0.6) is 0 Å². The molecule has 0 bridgehead atoms. The molecular weight excluding hydrogens is 258 g/mol. The Morgan fingerprint density at radius 3 is 3.00 bits per heavy atom. The summed E-state index contributed by atoms with van der Waals surface area (Å²) in [4.78, 5) is 24.2. The fourth-order valence-electron chi connectivity index (χ4n) is 2.00. The summed E-state index contributed by atoms with van der Waals surface area (Å²) in [5, 5.41) is 19.7. The van der Waals surface area contributed by atoms with Crippen LogP contribution in [0.4, 0.5) is 0 Å². The van der Waals surface area contributed by atoms with Crippen LogP contribution in [0.25, 0.3) is 6.08 Å². The predicted molar refractivity (Wildman–Crippen MR) is 61.3 cm³/mol. The molecule has 3 rings (SSSR count). The Morgan fingerprint density at radius 2 is 2.39 bits per heavy atom. The molecule has 1 unspecified atom stereocenters. The highest BCUT2D eigenvalue weighted by atomic mass is 32.2. The molecule has 0 radical (unpaired) electrons. The van der Waals surface area contributed by atoms with E-state index in [2.05, 4.69) is 15.5 Å². The van der Waals surface area contributed by atoms with E-state index in [9.17, 15) is 9.59 Å². The third kappa shape index (κ3) is 1.43. The van der Waals surface area contributed by atoms with Gasteiger partial charge in [0, 0.05) is 12.8 Å². The van der Waals surface area contributed by atoms with Crippen molar-refractivity contribution >= 4 is 29.7 Å². The third-order valence-corrected chi connectivity index (χ3v) is 4.28. The molecule has 94 valence electrons. The number of rotatable bonds is 2. The number of nitrogens with zero attached hydrogens (tertiary/aromatic N) is 5. The summed E-state index contributed by atoms with van der Waals surface area (Å²) in [6.07, 6.45) is 1.61. The Labute approximate surface area is 106 Å². The minimum atomic E-state index is -0.960. The van der Waals surface area contributed by atoms with Gasteiger partial charge in [0.1, 0.15) is 11.4 Å². The Bertz CT molecular complexity index is 568. The zero-order valence-electron chi connectivity index (χ0n) is 9.35. The molecule has 1 aromatic heterocycles. The molecule has 1 aromatic rings. The average Bonchev–Trinajstić information content (AvgIpc) is 2.90. The second-order valence-corrected chi connectivity index (χ2v) is 5.13. The van der Waals surface area contributed by atoms with E-state index in [0.29, 0.717) is 17.2 Å². The number of thioether (sulfide) groups is 1. The molecule has 0 aromatic carbocycles. The number of aliphatic carboxylic acids is 1. The zero-order chi connectivity index (χ0) is 12.9. The molecule has 18 heavy (non-hydrogen) atoms. The first-order valence-corrected chi connectivity index (χ1v) is 6.25. The van der Waals surface area contributed by atoms with Crippen molar-refractivity contribution in [1.82, 2.24) is 25.1 Å². The van der Waals surface area contributed by atoms with Gasteiger partial charge in [-0.05, 0) is 16.5 Å². The van der Waals surface area contributed by atoms with Gasteiger partial charge < -0.3 is 10.0 Å². The number of aryl methyl sites for hydroxylation is 1. The predicted octanol–water partition coefficient (Wildman–Crippen LogP) is -1.04. The average molecular weight is 267 g/mol. The first kappa shape index (κ1) is 11.2. The topological polar surface area (TPSA) is 101 Å². The number of carboxylic acids is 1. The molecule has 2 aliphatic heterocycles. The van der Waals surface area contributed by atoms with E-state index in [-0.39, 0.29) is 11.3 Å². The van der Waals surface area contributed by atoms with Gasteiger partial charge in [-0.25, -0.2) is 9.48 Å². The monoisotopic (exact) mass is 267 g/mol. The first-order chi connectivity index (χ1) is 8.59. The minimum Gasteiger partial charge on any atom is -0.480 e. The van der Waals surface area contributed by atoms with Gasteiger partial charge in [0.15, 0.2) is 5.82 Å². The highest BCUT2D eigenvalue weighted by Crippen LogP contribution is 2.43. The van der Waals surface area contributed by atoms with Crippen molar-refractivity contribution in [3.05, 3.63) is 11.4 Å². The molecule has 0 spiro atoms. The number of amides is 1. The number of carbonyl (C=O) groups is 2. The highest BCUT2D eigenvalue weighted by Gasteiger charge is 2.53. The molecule has 1 amide bonds. The third-order valence-electron chi connectivity index (χ3n) is 2.97. The van der Waals surface area contributed by atoms with E-state index < -0.39 is 12.0 Å². The molecule has 3 heterocycles. The van der Waals surface area contributed by atoms with Gasteiger partial charge in [0.25, 0.3) is 5.91 Å². The second-order valence-electron chi connectivity index (χ2n) is 4.01. The van der Waals surface area contributed by atoms with Crippen LogP contribution in [0.1, 0.15) is 5.82 Å². The smallest absolute Gasteiger partial charge is 0.327 e. The number of aromatic nitrogens is 4. The molecular formula is C9H9N5O3S. The van der Waals surface area contributed by atoms with Crippen molar-refractivity contribution in [3.8, 4) is 0 Å². The van der Waals surface area contributed by atoms with Crippen LogP contribution >= 0.6 is 11.8 Å². The van der Waals surface area contributed by atoms with Crippen LogP contribution in [0.2, 0.25) is 0 Å². The van der Waals surface area contributed by atoms with Crippen molar-refractivity contribution in [2.75, 3.05) is 5.75 Å². The van der Waals surface area contributed by atoms with Gasteiger partial charge in [-0.2, -0.15) is 0 Å². The molecule has 0 saturated carbocycles. The van der Waals surface area contributed by atoms with E-state index in [1.807, 2.05) is 0 Å². The fourth-order valence-corrected chi connectivity index (χ4v) is 3.42. The first-order valence-electron chi connectivity index (χ1n) is 5.20. The number of β-lactam (4-membered cyclic amide) rings is 1. The lowest BCUT2D eigenvalue weighted by Crippen LogP contribution is -2.56. The summed E-state index contributed by atoms with van der Waals surface area (Å²) in [5.41, 5.74) is 0.557. The lowest BCUT2D eigenvalue weighted by Gasteiger charge is -2.38. The van der Waals surface area contributed by atoms with Gasteiger partial charge in [0.05, 0.1) is 5.57 Å². The number of carboxylic acid groups (broad SMARTS) is 1. The van der Waals surface area contributed by atoms with Gasteiger partial charge in [-0.3, -0.25) is 4.79 Å². The number of hydrogen-bond acceptors (Lipinski definition) is 6. The SMILES string of the molecule is Cn1nnnc1C=C1C(=O)N2C(C(=O)O)CS[C@H]12. The van der Waals surface area contributed by atoms with E-state index >= 15 is 0 Å². The number of tetrazole rings is 1. The van der Waals surface area contributed by atoms with Crippen LogP contribution < -0.4 is 0 Å². The number of carbonyl (C=O) groups excluding carboxylic acids is 1. The Kier molecular flexibility index (Phi) is 2.37. The molecule has 8 nitrogen and oxygen atoms in total. The lowest BCUT2D eigenvalue weighted by molar-refractivity contribution is -0.150. The van der Waals surface area contributed by atoms with E-state index in [4.69, 9.17) is 5.11 Å². The second kappa shape index (κ2) is 3.80. The van der Waals surface area contributed by atoms with Crippen molar-refractivity contribution in [1.29, 1.82) is 0 Å². The minimum absolute atomic E-state index is 0.185. The molecule has 2 fully saturated rings. The Hall–Kier alpha value is -1.90. The summed E-state index contributed by atoms with van der Waals surface area (Å²) >= 11 is 1.45. The number of hydrogen-bond donors (Lipinski definition) is 1. The summed E-state index contributed by atoms with van der Waals surface area (Å²) in [7, 11) is 1.68. The van der Waals surface area contributed by atoms with E-state index in [1.54, 1.807) is 13.1 Å². The maximum Gasteiger partial charge on any atom is 0.327 e. The van der Waals surface area contributed by atoms with Gasteiger partial charge in [-0.1, -0.05) is 0 Å². The van der Waals surface area contributed by atoms with Crippen molar-refractivity contribution in [2.45, 2.75) is 11.4 Å². The number of fused-ring (bicyclic) bond motifs is 1. The molecule has 0 aliphatic carbocycles. The van der Waals surface area contributed by atoms with E-state index in [0.717, 1.165) is 0 Å². The summed E-state index contributed by atoms with van der Waals surface area (Å²) in [6, 6.07) is -0.720. The molecule has 2 aliphatic rings. The van der Waals surface area contributed by atoms with Crippen molar-refractivity contribution in [2.24, 2.45) is 7.05 Å². The van der Waals surface area contributed by atoms with Crippen LogP contribution in [-0.4, -0.2) is 59.3 Å². The Balaban J connectivity index is 1.87. The van der Waals surface area contributed by atoms with E-state index in [1.165, 1.54) is 21.3 Å². The normalized spacial score (nSPS) is 28.4. The fraction of sp³-hybridized carbons (Fsp3) is 0.444. The maximum atomic E-state index is 11.9. The Morgan fingerprint density at radius 1 is 1.61 bits per heavy atom. The largest absolute Gasteiger partial charge is 0.480 e. The molecule has 2 atom stereocenters. The van der Waals surface area contributed by atoms with Crippen LogP contribution in [0.15, 0.2) is 5.57 Å². The van der Waals surface area contributed by atoms with Crippen LogP contribution in [-0.2, 0) is 16.6 Å². The summed E-state index contributed by atoms with van der Waals surface area (Å²) < 4.78 is 1.46. The molecule has 2 saturated heterocycles. The van der Waals surface area contributed by atoms with Crippen molar-refractivity contribution < 1.29 is 14.7 Å². The van der Waals surface area contributed by atoms with Gasteiger partial charge >= 0.3 is 5.97 Å². The van der Waals surface area contributed by atoms with Gasteiger partial charge in [0.2, 0.25) is 0 Å². The lowest BCUT2D eigenvalue weighted by atomic mass is 10.0. The van der Waals surface area contributed by atoms with Crippen LogP contribution in [0.3, 0.4) is 0 Å². The van der Waals surface area contributed by atoms with Crippen LogP contribution in [0, 0.1) is 0 Å². The van der Waals surface area contributed by atoms with Crippen molar-refractivity contribution in [3.63, 3.8) is 0 Å². The standard InChI is InChI=1S/C9H9N5O3S/c1-13-6(10-11-12-13)2-4-7(15)14-5(9(16)17)3-18-8(4)14/h2,5,8H,3H2,1H3,(H,16,17)/t5?,8-/m1/s1. The van der Waals surface area contributed by atoms with Gasteiger partial charge in [-0.15, -0.1) is 16.9 Å². The molecule has 1 N–H and O–H groups in total. The quantitative estimate of drug-likeness (QED) is 0.539. The highest BCUT2D eigenvalue weighted by molar-refractivity contribution is 8.00.